The number of carbonyl (C=O) groups is 1. The average Bonchev–Trinajstić information content (AvgIpc) is 3.01. The number of nitrogens with zero attached hydrogens (tertiary/aromatic N) is 3. The van der Waals surface area contributed by atoms with E-state index in [1.165, 1.54) is 16.9 Å². The maximum Gasteiger partial charge on any atom is 0.346 e. The van der Waals surface area contributed by atoms with Crippen molar-refractivity contribution >= 4 is 11.6 Å². The Bertz CT molecular complexity index is 990. The smallest absolute Gasteiger partial charge is 0.346 e. The van der Waals surface area contributed by atoms with Crippen molar-refractivity contribution in [2.24, 2.45) is 0 Å². The van der Waals surface area contributed by atoms with Crippen LogP contribution in [0.25, 0.3) is 5.65 Å². The molecule has 0 amide bonds. The molecule has 3 rings (SSSR count). The number of rotatable bonds is 1. The molecule has 0 atom stereocenters. The summed E-state index contributed by atoms with van der Waals surface area (Å²) in [7, 11) is 0. The fourth-order valence-electron chi connectivity index (χ4n) is 2.24. The molecule has 6 heteroatoms. The summed E-state index contributed by atoms with van der Waals surface area (Å²) < 4.78 is 6.75. The van der Waals surface area contributed by atoms with E-state index in [2.05, 4.69) is 21.9 Å². The Kier molecular flexibility index (Phi) is 4.15. The van der Waals surface area contributed by atoms with Crippen LogP contribution in [0.15, 0.2) is 42.7 Å². The lowest BCUT2D eigenvalue weighted by Crippen LogP contribution is -2.24. The monoisotopic (exact) mass is 335 g/mol. The van der Waals surface area contributed by atoms with E-state index in [1.54, 1.807) is 20.8 Å². The number of ether oxygens (including phenoxy) is 1. The van der Waals surface area contributed by atoms with E-state index in [9.17, 15) is 9.90 Å². The van der Waals surface area contributed by atoms with Crippen LogP contribution in [-0.2, 0) is 4.74 Å². The van der Waals surface area contributed by atoms with Crippen LogP contribution in [0.5, 0.6) is 5.75 Å². The van der Waals surface area contributed by atoms with Crippen molar-refractivity contribution in [3.05, 3.63) is 59.5 Å². The minimum absolute atomic E-state index is 0.0299. The zero-order chi connectivity index (χ0) is 18.0. The predicted octanol–water partition coefficient (Wildman–Crippen LogP) is 2.79. The van der Waals surface area contributed by atoms with Crippen LogP contribution in [0.4, 0.5) is 0 Å². The van der Waals surface area contributed by atoms with Crippen LogP contribution in [0, 0.1) is 11.8 Å². The quantitative estimate of drug-likeness (QED) is 0.546. The van der Waals surface area contributed by atoms with E-state index in [1.807, 2.05) is 30.3 Å². The molecule has 0 aliphatic rings. The first-order chi connectivity index (χ1) is 11.8. The van der Waals surface area contributed by atoms with Gasteiger partial charge in [-0.25, -0.2) is 14.3 Å². The largest absolute Gasteiger partial charge is 0.507 e. The zero-order valence-corrected chi connectivity index (χ0v) is 14.1. The number of fused-ring (bicyclic) bond motifs is 1. The van der Waals surface area contributed by atoms with Crippen LogP contribution in [-0.4, -0.2) is 31.3 Å². The van der Waals surface area contributed by atoms with E-state index < -0.39 is 11.6 Å². The Morgan fingerprint density at radius 1 is 1.20 bits per heavy atom. The van der Waals surface area contributed by atoms with Crippen LogP contribution in [0.1, 0.15) is 42.4 Å². The first kappa shape index (κ1) is 16.5. The normalized spacial score (nSPS) is 11.0. The summed E-state index contributed by atoms with van der Waals surface area (Å²) in [6, 6.07) is 10.8. The second-order valence-electron chi connectivity index (χ2n) is 6.40. The molecule has 0 fully saturated rings. The molecule has 0 saturated heterocycles. The molecule has 0 unspecified atom stereocenters. The number of carbonyl (C=O) groups excluding carboxylic acids is 1. The first-order valence-electron chi connectivity index (χ1n) is 7.71. The number of hydrogen-bond donors (Lipinski definition) is 1. The fraction of sp³-hybridized carbons (Fsp3) is 0.211. The lowest BCUT2D eigenvalue weighted by molar-refractivity contribution is 0.00684. The summed E-state index contributed by atoms with van der Waals surface area (Å²) in [6.45, 7) is 5.26. The number of aromatic nitrogens is 3. The highest BCUT2D eigenvalue weighted by Gasteiger charge is 2.25. The predicted molar refractivity (Wildman–Crippen MR) is 92.2 cm³/mol. The molecular weight excluding hydrogens is 318 g/mol. The molecule has 1 N–H and O–H groups in total. The summed E-state index contributed by atoms with van der Waals surface area (Å²) in [4.78, 5) is 16.5. The molecule has 25 heavy (non-hydrogen) atoms. The minimum atomic E-state index is -0.688. The Hall–Kier alpha value is -3.33. The zero-order valence-electron chi connectivity index (χ0n) is 14.1. The molecule has 2 aromatic heterocycles. The lowest BCUT2D eigenvalue weighted by atomic mass is 10.1. The number of benzene rings is 1. The van der Waals surface area contributed by atoms with Crippen molar-refractivity contribution < 1.29 is 14.6 Å². The maximum absolute atomic E-state index is 12.4. The molecule has 0 aliphatic heterocycles. The van der Waals surface area contributed by atoms with Crippen LogP contribution in [0.2, 0.25) is 0 Å². The number of hydrogen-bond acceptors (Lipinski definition) is 5. The fourth-order valence-corrected chi connectivity index (χ4v) is 2.24. The molecule has 0 radical (unpaired) electrons. The average molecular weight is 335 g/mol. The van der Waals surface area contributed by atoms with Crippen LogP contribution < -0.4 is 0 Å². The van der Waals surface area contributed by atoms with Gasteiger partial charge in [0.2, 0.25) is 0 Å². The van der Waals surface area contributed by atoms with Gasteiger partial charge in [0.05, 0.1) is 0 Å². The highest BCUT2D eigenvalue weighted by Crippen LogP contribution is 2.25. The van der Waals surface area contributed by atoms with Gasteiger partial charge in [0.15, 0.2) is 5.65 Å². The van der Waals surface area contributed by atoms with Crippen LogP contribution >= 0.6 is 0 Å². The van der Waals surface area contributed by atoms with Gasteiger partial charge in [-0.15, -0.1) is 0 Å². The van der Waals surface area contributed by atoms with Crippen molar-refractivity contribution in [3.63, 3.8) is 0 Å². The topological polar surface area (TPSA) is 76.7 Å². The third-order valence-corrected chi connectivity index (χ3v) is 3.24. The molecule has 0 spiro atoms. The maximum atomic E-state index is 12.4. The molecular formula is C19H17N3O3. The van der Waals surface area contributed by atoms with Crippen molar-refractivity contribution in [3.8, 4) is 17.6 Å². The molecule has 0 bridgehead atoms. The molecule has 0 saturated carbocycles. The number of esters is 1. The van der Waals surface area contributed by atoms with Gasteiger partial charge in [0.25, 0.3) is 0 Å². The van der Waals surface area contributed by atoms with Crippen molar-refractivity contribution in [1.82, 2.24) is 14.6 Å². The van der Waals surface area contributed by atoms with Crippen molar-refractivity contribution in [2.75, 3.05) is 0 Å². The van der Waals surface area contributed by atoms with Crippen molar-refractivity contribution in [2.45, 2.75) is 26.4 Å². The molecule has 6 nitrogen and oxygen atoms in total. The van der Waals surface area contributed by atoms with E-state index in [0.29, 0.717) is 5.69 Å². The Morgan fingerprint density at radius 2 is 1.92 bits per heavy atom. The minimum Gasteiger partial charge on any atom is -0.507 e. The third kappa shape index (κ3) is 3.61. The van der Waals surface area contributed by atoms with Gasteiger partial charge in [-0.2, -0.15) is 5.10 Å². The van der Waals surface area contributed by atoms with E-state index >= 15 is 0 Å². The molecule has 3 aromatic rings. The summed E-state index contributed by atoms with van der Waals surface area (Å²) in [5.41, 5.74) is 0.726. The summed E-state index contributed by atoms with van der Waals surface area (Å²) in [5, 5.41) is 14.4. The SMILES string of the molecule is CC(C)(C)OC(=O)c1c(O)cc(C#Cc2ccccc2)n2ncnc12. The van der Waals surface area contributed by atoms with Crippen LogP contribution in [0.3, 0.4) is 0 Å². The standard InChI is InChI=1S/C19H17N3O3/c1-19(2,3)25-18(24)16-15(23)11-14(22-17(16)20-12-21-22)10-9-13-7-5-4-6-8-13/h4-8,11-12,23H,1-3H3. The summed E-state index contributed by atoms with van der Waals surface area (Å²) in [5.74, 6) is 5.03. The Morgan fingerprint density at radius 3 is 2.60 bits per heavy atom. The lowest BCUT2D eigenvalue weighted by Gasteiger charge is -2.20. The molecule has 0 aliphatic carbocycles. The molecule has 126 valence electrons. The van der Waals surface area contributed by atoms with Gasteiger partial charge in [0, 0.05) is 11.6 Å². The van der Waals surface area contributed by atoms with E-state index in [4.69, 9.17) is 4.74 Å². The number of aromatic hydroxyl groups is 1. The van der Waals surface area contributed by atoms with Gasteiger partial charge in [0.1, 0.15) is 28.9 Å². The van der Waals surface area contributed by atoms with Crippen molar-refractivity contribution in [1.29, 1.82) is 0 Å². The summed E-state index contributed by atoms with van der Waals surface area (Å²) >= 11 is 0. The third-order valence-electron chi connectivity index (χ3n) is 3.24. The molecule has 2 heterocycles. The Labute approximate surface area is 145 Å². The van der Waals surface area contributed by atoms with Gasteiger partial charge in [-0.05, 0) is 38.8 Å². The second kappa shape index (κ2) is 6.29. The van der Waals surface area contributed by atoms with E-state index in [0.717, 1.165) is 5.56 Å². The van der Waals surface area contributed by atoms with Gasteiger partial charge in [-0.3, -0.25) is 0 Å². The van der Waals surface area contributed by atoms with Gasteiger partial charge < -0.3 is 9.84 Å². The van der Waals surface area contributed by atoms with Gasteiger partial charge >= 0.3 is 5.97 Å². The van der Waals surface area contributed by atoms with E-state index in [-0.39, 0.29) is 17.0 Å². The number of pyridine rings is 1. The Balaban J connectivity index is 2.08. The molecule has 1 aromatic carbocycles. The summed E-state index contributed by atoms with van der Waals surface area (Å²) in [6.07, 6.45) is 1.30. The highest BCUT2D eigenvalue weighted by atomic mass is 16.6. The second-order valence-corrected chi connectivity index (χ2v) is 6.40. The first-order valence-corrected chi connectivity index (χ1v) is 7.71. The van der Waals surface area contributed by atoms with Gasteiger partial charge in [-0.1, -0.05) is 24.1 Å². The highest BCUT2D eigenvalue weighted by molar-refractivity contribution is 5.99.